The van der Waals surface area contributed by atoms with E-state index in [2.05, 4.69) is 10.0 Å². The fourth-order valence-corrected chi connectivity index (χ4v) is 6.23. The van der Waals surface area contributed by atoms with Gasteiger partial charge in [-0.05, 0) is 60.6 Å². The van der Waals surface area contributed by atoms with Crippen LogP contribution in [0.1, 0.15) is 53.1 Å². The topological polar surface area (TPSA) is 95.6 Å². The first kappa shape index (κ1) is 30.2. The number of sulfonamides is 1. The average Bonchev–Trinajstić information content (AvgIpc) is 3.84. The van der Waals surface area contributed by atoms with Gasteiger partial charge < -0.3 is 10.2 Å². The Bertz CT molecular complexity index is 1620. The van der Waals surface area contributed by atoms with Crippen LogP contribution in [0, 0.1) is 6.92 Å². The van der Waals surface area contributed by atoms with Crippen LogP contribution in [0.2, 0.25) is 0 Å². The Balaban J connectivity index is 1.35. The van der Waals surface area contributed by atoms with Gasteiger partial charge in [0, 0.05) is 25.6 Å². The fourth-order valence-electron chi connectivity index (χ4n) is 4.92. The van der Waals surface area contributed by atoms with E-state index in [-0.39, 0.29) is 35.7 Å². The van der Waals surface area contributed by atoms with Crippen LogP contribution in [-0.2, 0) is 39.1 Å². The Morgan fingerprint density at radius 2 is 1.40 bits per heavy atom. The maximum absolute atomic E-state index is 13.9. The summed E-state index contributed by atoms with van der Waals surface area (Å²) in [7, 11) is -3.54. The molecule has 0 spiro atoms. The minimum atomic E-state index is -3.54. The highest BCUT2D eigenvalue weighted by Gasteiger charge is 2.31. The summed E-state index contributed by atoms with van der Waals surface area (Å²) in [5, 5.41) is 3.05. The number of nitrogens with one attached hydrogen (secondary N) is 2. The second-order valence-electron chi connectivity index (χ2n) is 11.1. The van der Waals surface area contributed by atoms with Gasteiger partial charge in [-0.25, -0.2) is 13.1 Å². The zero-order valence-corrected chi connectivity index (χ0v) is 25.1. The second-order valence-corrected chi connectivity index (χ2v) is 12.8. The van der Waals surface area contributed by atoms with E-state index < -0.39 is 16.1 Å². The molecule has 1 atom stereocenters. The highest BCUT2D eigenvalue weighted by molar-refractivity contribution is 7.89. The number of carbonyl (C=O) groups excluding carboxylic acids is 2. The summed E-state index contributed by atoms with van der Waals surface area (Å²) in [5.74, 6) is -0.427. The number of benzene rings is 4. The molecule has 2 amide bonds. The quantitative estimate of drug-likeness (QED) is 0.215. The number of aryl methyl sites for hydroxylation is 2. The molecule has 7 nitrogen and oxygen atoms in total. The van der Waals surface area contributed by atoms with Crippen molar-refractivity contribution in [2.45, 2.75) is 62.7 Å². The maximum atomic E-state index is 13.9. The van der Waals surface area contributed by atoms with Gasteiger partial charge in [0.05, 0.1) is 4.90 Å². The molecular weight excluding hydrogens is 558 g/mol. The van der Waals surface area contributed by atoms with Gasteiger partial charge in [-0.15, -0.1) is 0 Å². The second kappa shape index (κ2) is 13.8. The van der Waals surface area contributed by atoms with Crippen LogP contribution in [0.3, 0.4) is 0 Å². The van der Waals surface area contributed by atoms with E-state index in [0.717, 1.165) is 40.7 Å². The van der Waals surface area contributed by atoms with Crippen molar-refractivity contribution in [3.63, 3.8) is 0 Å². The molecule has 1 fully saturated rings. The van der Waals surface area contributed by atoms with Crippen LogP contribution in [0.25, 0.3) is 0 Å². The van der Waals surface area contributed by atoms with E-state index in [0.29, 0.717) is 13.0 Å². The molecule has 222 valence electrons. The third-order valence-electron chi connectivity index (χ3n) is 7.54. The van der Waals surface area contributed by atoms with Crippen molar-refractivity contribution in [1.29, 1.82) is 0 Å². The van der Waals surface area contributed by atoms with Gasteiger partial charge >= 0.3 is 0 Å². The molecule has 1 aliphatic carbocycles. The van der Waals surface area contributed by atoms with E-state index in [4.69, 9.17) is 0 Å². The largest absolute Gasteiger partial charge is 0.350 e. The molecule has 43 heavy (non-hydrogen) atoms. The standard InChI is InChI=1S/C35H37N3O4S/c1-26-12-14-28(15-13-26)24-36-35(40)34(30-10-6-3-7-11-30)38(25-29-8-4-2-5-9-29)33(39)23-18-27-16-21-32(22-17-27)43(41,42)37-31-19-20-31/h2-17,21-22,31,34,37H,18-20,23-25H2,1H3,(H,36,40)/t34-/m1/s1. The molecule has 0 aromatic heterocycles. The van der Waals surface area contributed by atoms with Crippen LogP contribution < -0.4 is 10.0 Å². The lowest BCUT2D eigenvalue weighted by Gasteiger charge is -2.32. The molecule has 2 N–H and O–H groups in total. The predicted molar refractivity (Wildman–Crippen MR) is 167 cm³/mol. The summed E-state index contributed by atoms with van der Waals surface area (Å²) in [6.45, 7) is 2.63. The van der Waals surface area contributed by atoms with Crippen molar-refractivity contribution in [2.75, 3.05) is 0 Å². The monoisotopic (exact) mass is 595 g/mol. The van der Waals surface area contributed by atoms with Gasteiger partial charge in [-0.2, -0.15) is 0 Å². The summed E-state index contributed by atoms with van der Waals surface area (Å²) in [4.78, 5) is 29.6. The number of hydrogen-bond donors (Lipinski definition) is 2. The van der Waals surface area contributed by atoms with Gasteiger partial charge in [0.2, 0.25) is 21.8 Å². The third kappa shape index (κ3) is 8.40. The van der Waals surface area contributed by atoms with Crippen molar-refractivity contribution in [3.8, 4) is 0 Å². The molecular formula is C35H37N3O4S. The van der Waals surface area contributed by atoms with E-state index >= 15 is 0 Å². The zero-order valence-electron chi connectivity index (χ0n) is 24.3. The number of amides is 2. The van der Waals surface area contributed by atoms with Crippen LogP contribution in [0.5, 0.6) is 0 Å². The van der Waals surface area contributed by atoms with Crippen molar-refractivity contribution in [1.82, 2.24) is 14.9 Å². The lowest BCUT2D eigenvalue weighted by molar-refractivity contribution is -0.141. The fraction of sp³-hybridized carbons (Fsp3) is 0.257. The lowest BCUT2D eigenvalue weighted by atomic mass is 10.0. The van der Waals surface area contributed by atoms with Gasteiger partial charge in [0.1, 0.15) is 6.04 Å². The highest BCUT2D eigenvalue weighted by Crippen LogP contribution is 2.26. The molecule has 5 rings (SSSR count). The predicted octanol–water partition coefficient (Wildman–Crippen LogP) is 5.45. The van der Waals surface area contributed by atoms with Gasteiger partial charge in [-0.1, -0.05) is 103 Å². The minimum absolute atomic E-state index is 0.0320. The Hall–Kier alpha value is -4.27. The van der Waals surface area contributed by atoms with Crippen LogP contribution in [-0.4, -0.2) is 31.2 Å². The van der Waals surface area contributed by atoms with Crippen molar-refractivity contribution >= 4 is 21.8 Å². The summed E-state index contributed by atoms with van der Waals surface area (Å²) >= 11 is 0. The van der Waals surface area contributed by atoms with Crippen LogP contribution in [0.4, 0.5) is 0 Å². The molecule has 0 unspecified atom stereocenters. The van der Waals surface area contributed by atoms with Crippen molar-refractivity contribution < 1.29 is 18.0 Å². The molecule has 1 aliphatic rings. The smallest absolute Gasteiger partial charge is 0.247 e. The highest BCUT2D eigenvalue weighted by atomic mass is 32.2. The van der Waals surface area contributed by atoms with Crippen LogP contribution in [0.15, 0.2) is 114 Å². The molecule has 8 heteroatoms. The molecule has 0 aliphatic heterocycles. The average molecular weight is 596 g/mol. The molecule has 4 aromatic carbocycles. The van der Waals surface area contributed by atoms with Gasteiger partial charge in [0.25, 0.3) is 0 Å². The number of nitrogens with zero attached hydrogens (tertiary/aromatic N) is 1. The Labute approximate surface area is 254 Å². The Kier molecular flexibility index (Phi) is 9.69. The first-order valence-electron chi connectivity index (χ1n) is 14.6. The summed E-state index contributed by atoms with van der Waals surface area (Å²) in [6, 6.07) is 32.9. The molecule has 0 heterocycles. The van der Waals surface area contributed by atoms with Crippen molar-refractivity contribution in [3.05, 3.63) is 137 Å². The lowest BCUT2D eigenvalue weighted by Crippen LogP contribution is -2.43. The summed E-state index contributed by atoms with van der Waals surface area (Å²) < 4.78 is 27.8. The van der Waals surface area contributed by atoms with Gasteiger partial charge in [-0.3, -0.25) is 9.59 Å². The van der Waals surface area contributed by atoms with Gasteiger partial charge in [0.15, 0.2) is 0 Å². The summed E-state index contributed by atoms with van der Waals surface area (Å²) in [5.41, 5.74) is 4.61. The molecule has 4 aromatic rings. The molecule has 1 saturated carbocycles. The molecule has 0 saturated heterocycles. The van der Waals surface area contributed by atoms with Crippen molar-refractivity contribution in [2.24, 2.45) is 0 Å². The number of carbonyl (C=O) groups is 2. The van der Waals surface area contributed by atoms with Crippen LogP contribution >= 0.6 is 0 Å². The van der Waals surface area contributed by atoms with E-state index in [1.54, 1.807) is 29.2 Å². The first-order valence-corrected chi connectivity index (χ1v) is 16.1. The summed E-state index contributed by atoms with van der Waals surface area (Å²) in [6.07, 6.45) is 2.31. The molecule has 0 radical (unpaired) electrons. The van der Waals surface area contributed by atoms with E-state index in [1.165, 1.54) is 0 Å². The Morgan fingerprint density at radius 3 is 2.02 bits per heavy atom. The van der Waals surface area contributed by atoms with E-state index in [1.807, 2.05) is 91.9 Å². The maximum Gasteiger partial charge on any atom is 0.247 e. The number of hydrogen-bond acceptors (Lipinski definition) is 4. The minimum Gasteiger partial charge on any atom is -0.350 e. The third-order valence-corrected chi connectivity index (χ3v) is 9.08. The Morgan fingerprint density at radius 1 is 0.791 bits per heavy atom. The SMILES string of the molecule is Cc1ccc(CNC(=O)[C@@H](c2ccccc2)N(Cc2ccccc2)C(=O)CCc2ccc(S(=O)(=O)NC3CC3)cc2)cc1. The molecule has 0 bridgehead atoms. The first-order chi connectivity index (χ1) is 20.8. The zero-order chi connectivity index (χ0) is 30.2. The number of rotatable bonds is 13. The normalized spacial score (nSPS) is 13.7. The van der Waals surface area contributed by atoms with E-state index in [9.17, 15) is 18.0 Å².